The van der Waals surface area contributed by atoms with Crippen molar-refractivity contribution in [1.29, 1.82) is 0 Å². The molecule has 0 saturated carbocycles. The van der Waals surface area contributed by atoms with Crippen LogP contribution < -0.4 is 10.4 Å². The molecule has 2 aromatic heterocycles. The highest BCUT2D eigenvalue weighted by Crippen LogP contribution is 2.30. The molecule has 0 spiro atoms. The van der Waals surface area contributed by atoms with E-state index in [1.165, 1.54) is 13.2 Å². The number of aromatic carboxylic acids is 1. The van der Waals surface area contributed by atoms with Crippen molar-refractivity contribution in [2.24, 2.45) is 7.05 Å². The number of carboxylic acids is 1. The molecule has 19 heavy (non-hydrogen) atoms. The molecule has 1 N–H and O–H groups in total. The van der Waals surface area contributed by atoms with Crippen LogP contribution in [0, 0.1) is 3.57 Å². The number of aromatic nitrogens is 2. The van der Waals surface area contributed by atoms with Gasteiger partial charge in [-0.2, -0.15) is 5.10 Å². The number of carbonyl (C=O) groups is 1. The lowest BCUT2D eigenvalue weighted by molar-refractivity contribution is 0.0656. The lowest BCUT2D eigenvalue weighted by Gasteiger charge is -2.05. The zero-order valence-corrected chi connectivity index (χ0v) is 12.2. The molecule has 0 aliphatic heterocycles. The third kappa shape index (κ3) is 2.48. The molecule has 0 saturated heterocycles. The summed E-state index contributed by atoms with van der Waals surface area (Å²) in [5.74, 6) is -1.85. The number of ether oxygens (including phenoxy) is 1. The first-order chi connectivity index (χ1) is 8.93. The SMILES string of the molecule is COc1c(-c2nn(C)cc2I)cc(C(=O)O)oc1=O. The summed E-state index contributed by atoms with van der Waals surface area (Å²) in [6, 6.07) is 1.23. The van der Waals surface area contributed by atoms with Crippen LogP contribution in [0.1, 0.15) is 10.6 Å². The molecule has 0 unspecified atom stereocenters. The summed E-state index contributed by atoms with van der Waals surface area (Å²) in [6.45, 7) is 0. The van der Waals surface area contributed by atoms with Crippen LogP contribution in [0.25, 0.3) is 11.3 Å². The summed E-state index contributed by atoms with van der Waals surface area (Å²) in [6.07, 6.45) is 1.74. The van der Waals surface area contributed by atoms with Gasteiger partial charge in [-0.25, -0.2) is 9.59 Å². The van der Waals surface area contributed by atoms with E-state index in [0.29, 0.717) is 11.3 Å². The number of hydrogen-bond donors (Lipinski definition) is 1. The van der Waals surface area contributed by atoms with E-state index in [1.807, 2.05) is 22.6 Å². The maximum Gasteiger partial charge on any atom is 0.379 e. The topological polar surface area (TPSA) is 94.6 Å². The number of aryl methyl sites for hydroxylation is 1. The maximum absolute atomic E-state index is 11.7. The van der Waals surface area contributed by atoms with Gasteiger partial charge >= 0.3 is 11.6 Å². The zero-order chi connectivity index (χ0) is 14.2. The van der Waals surface area contributed by atoms with Crippen LogP contribution in [0.15, 0.2) is 21.5 Å². The van der Waals surface area contributed by atoms with Crippen molar-refractivity contribution < 1.29 is 19.1 Å². The molecule has 2 heterocycles. The second-order valence-electron chi connectivity index (χ2n) is 3.65. The number of halogens is 1. The molecule has 0 amide bonds. The Labute approximate surface area is 120 Å². The molecule has 0 atom stereocenters. The average molecular weight is 376 g/mol. The summed E-state index contributed by atoms with van der Waals surface area (Å²) in [5, 5.41) is 13.1. The third-order valence-corrected chi connectivity index (χ3v) is 3.15. The summed E-state index contributed by atoms with van der Waals surface area (Å²) in [4.78, 5) is 22.6. The van der Waals surface area contributed by atoms with Gasteiger partial charge in [0, 0.05) is 19.3 Å². The fourth-order valence-electron chi connectivity index (χ4n) is 1.60. The molecular weight excluding hydrogens is 367 g/mol. The first-order valence-electron chi connectivity index (χ1n) is 5.09. The molecule has 0 aromatic carbocycles. The van der Waals surface area contributed by atoms with Gasteiger partial charge < -0.3 is 14.3 Å². The largest absolute Gasteiger partial charge is 0.489 e. The third-order valence-electron chi connectivity index (χ3n) is 2.36. The van der Waals surface area contributed by atoms with E-state index in [-0.39, 0.29) is 5.75 Å². The average Bonchev–Trinajstić information content (AvgIpc) is 2.67. The Kier molecular flexibility index (Phi) is 3.60. The lowest BCUT2D eigenvalue weighted by atomic mass is 10.1. The van der Waals surface area contributed by atoms with E-state index in [4.69, 9.17) is 9.84 Å². The molecule has 100 valence electrons. The van der Waals surface area contributed by atoms with Crippen LogP contribution in [0.4, 0.5) is 0 Å². The van der Waals surface area contributed by atoms with Crippen molar-refractivity contribution in [2.75, 3.05) is 7.11 Å². The summed E-state index contributed by atoms with van der Waals surface area (Å²) in [5.41, 5.74) is -0.0876. The Morgan fingerprint density at radius 1 is 1.58 bits per heavy atom. The number of rotatable bonds is 3. The Morgan fingerprint density at radius 2 is 2.26 bits per heavy atom. The van der Waals surface area contributed by atoms with Crippen molar-refractivity contribution in [3.8, 4) is 17.0 Å². The highest BCUT2D eigenvalue weighted by molar-refractivity contribution is 14.1. The van der Waals surface area contributed by atoms with Gasteiger partial charge in [-0.15, -0.1) is 0 Å². The van der Waals surface area contributed by atoms with Crippen molar-refractivity contribution >= 4 is 28.6 Å². The first-order valence-corrected chi connectivity index (χ1v) is 6.17. The van der Waals surface area contributed by atoms with Gasteiger partial charge in [0.15, 0.2) is 0 Å². The normalized spacial score (nSPS) is 10.5. The van der Waals surface area contributed by atoms with Crippen molar-refractivity contribution in [3.63, 3.8) is 0 Å². The second kappa shape index (κ2) is 5.03. The van der Waals surface area contributed by atoms with Crippen LogP contribution in [-0.4, -0.2) is 28.0 Å². The fraction of sp³-hybridized carbons (Fsp3) is 0.182. The molecule has 0 fully saturated rings. The van der Waals surface area contributed by atoms with Crippen molar-refractivity contribution in [1.82, 2.24) is 9.78 Å². The highest BCUT2D eigenvalue weighted by atomic mass is 127. The molecule has 0 bridgehead atoms. The van der Waals surface area contributed by atoms with E-state index in [9.17, 15) is 9.59 Å². The molecule has 7 nitrogen and oxygen atoms in total. The van der Waals surface area contributed by atoms with Crippen LogP contribution >= 0.6 is 22.6 Å². The Bertz CT molecular complexity index is 704. The van der Waals surface area contributed by atoms with Crippen molar-refractivity contribution in [3.05, 3.63) is 32.0 Å². The molecule has 2 aromatic rings. The summed E-state index contributed by atoms with van der Waals surface area (Å²) >= 11 is 2.04. The monoisotopic (exact) mass is 376 g/mol. The number of methoxy groups -OCH3 is 1. The van der Waals surface area contributed by atoms with Gasteiger partial charge in [0.1, 0.15) is 5.69 Å². The van der Waals surface area contributed by atoms with Gasteiger partial charge in [0.05, 0.1) is 16.2 Å². The van der Waals surface area contributed by atoms with E-state index < -0.39 is 17.4 Å². The Hall–Kier alpha value is -1.84. The summed E-state index contributed by atoms with van der Waals surface area (Å²) in [7, 11) is 3.04. The van der Waals surface area contributed by atoms with Crippen molar-refractivity contribution in [2.45, 2.75) is 0 Å². The number of carboxylic acid groups (broad SMARTS) is 1. The number of hydrogen-bond acceptors (Lipinski definition) is 5. The van der Waals surface area contributed by atoms with Crippen LogP contribution in [0.2, 0.25) is 0 Å². The van der Waals surface area contributed by atoms with Gasteiger partial charge in [-0.05, 0) is 22.6 Å². The standard InChI is InChI=1S/C11H9IN2O5/c1-14-4-6(12)8(13-14)5-3-7(10(15)16)19-11(17)9(5)18-2/h3-4H,1-2H3,(H,15,16). The van der Waals surface area contributed by atoms with Gasteiger partial charge in [0.25, 0.3) is 0 Å². The second-order valence-corrected chi connectivity index (χ2v) is 4.81. The molecule has 8 heteroatoms. The molecule has 2 rings (SSSR count). The van der Waals surface area contributed by atoms with Crippen LogP contribution in [0.5, 0.6) is 5.75 Å². The minimum Gasteiger partial charge on any atom is -0.489 e. The van der Waals surface area contributed by atoms with Gasteiger partial charge in [-0.3, -0.25) is 4.68 Å². The first kappa shape index (κ1) is 13.6. The van der Waals surface area contributed by atoms with E-state index >= 15 is 0 Å². The zero-order valence-electron chi connectivity index (χ0n) is 10.0. The van der Waals surface area contributed by atoms with E-state index in [0.717, 1.165) is 3.57 Å². The Balaban J connectivity index is 2.77. The van der Waals surface area contributed by atoms with Gasteiger partial charge in [-0.1, -0.05) is 0 Å². The fourth-order valence-corrected chi connectivity index (χ4v) is 2.40. The van der Waals surface area contributed by atoms with E-state index in [1.54, 1.807) is 17.9 Å². The predicted octanol–water partition coefficient (Wildman–Crippen LogP) is 1.35. The maximum atomic E-state index is 11.7. The minimum absolute atomic E-state index is 0.0679. The quantitative estimate of drug-likeness (QED) is 0.813. The molecular formula is C11H9IN2O5. The van der Waals surface area contributed by atoms with Gasteiger partial charge in [0.2, 0.25) is 11.5 Å². The smallest absolute Gasteiger partial charge is 0.379 e. The minimum atomic E-state index is -1.33. The Morgan fingerprint density at radius 3 is 2.74 bits per heavy atom. The number of nitrogens with zero attached hydrogens (tertiary/aromatic N) is 2. The van der Waals surface area contributed by atoms with Crippen LogP contribution in [-0.2, 0) is 7.05 Å². The molecule has 0 radical (unpaired) electrons. The molecule has 0 aliphatic rings. The predicted molar refractivity (Wildman–Crippen MR) is 73.4 cm³/mol. The van der Waals surface area contributed by atoms with Crippen LogP contribution in [0.3, 0.4) is 0 Å². The molecule has 0 aliphatic carbocycles. The van der Waals surface area contributed by atoms with E-state index in [2.05, 4.69) is 9.52 Å². The highest BCUT2D eigenvalue weighted by Gasteiger charge is 2.21. The lowest BCUT2D eigenvalue weighted by Crippen LogP contribution is -2.10. The summed E-state index contributed by atoms with van der Waals surface area (Å²) < 4.78 is 12.0.